The summed E-state index contributed by atoms with van der Waals surface area (Å²) in [4.78, 5) is 16.6. The number of benzene rings is 1. The molecular formula is C16H18BrN3O. The third kappa shape index (κ3) is 3.82. The van der Waals surface area contributed by atoms with E-state index in [1.807, 2.05) is 39.0 Å². The number of carbonyl (C=O) groups excluding carboxylic acids is 1. The zero-order valence-corrected chi connectivity index (χ0v) is 13.9. The molecule has 0 aliphatic rings. The number of nitrogen functional groups attached to an aromatic ring is 1. The molecule has 1 amide bonds. The van der Waals surface area contributed by atoms with Crippen LogP contribution in [0.3, 0.4) is 0 Å². The molecule has 21 heavy (non-hydrogen) atoms. The Hall–Kier alpha value is -1.88. The highest BCUT2D eigenvalue weighted by molar-refractivity contribution is 9.10. The number of nitrogens with two attached hydrogens (primary N) is 1. The first-order valence-corrected chi connectivity index (χ1v) is 7.51. The van der Waals surface area contributed by atoms with Crippen LogP contribution in [0.5, 0.6) is 0 Å². The lowest BCUT2D eigenvalue weighted by Crippen LogP contribution is -2.14. The van der Waals surface area contributed by atoms with Crippen LogP contribution in [0.15, 0.2) is 34.8 Å². The molecule has 110 valence electrons. The Morgan fingerprint density at radius 1 is 1.29 bits per heavy atom. The van der Waals surface area contributed by atoms with Crippen molar-refractivity contribution in [2.45, 2.75) is 26.7 Å². The molecular weight excluding hydrogens is 330 g/mol. The molecule has 0 saturated heterocycles. The first kappa shape index (κ1) is 15.5. The van der Waals surface area contributed by atoms with E-state index in [-0.39, 0.29) is 11.8 Å². The van der Waals surface area contributed by atoms with Gasteiger partial charge in [0.1, 0.15) is 5.82 Å². The zero-order valence-electron chi connectivity index (χ0n) is 12.3. The summed E-state index contributed by atoms with van der Waals surface area (Å²) in [7, 11) is 0. The van der Waals surface area contributed by atoms with Crippen LogP contribution in [-0.4, -0.2) is 10.9 Å². The number of rotatable bonds is 3. The highest BCUT2D eigenvalue weighted by atomic mass is 79.9. The van der Waals surface area contributed by atoms with E-state index in [2.05, 4.69) is 26.2 Å². The zero-order chi connectivity index (χ0) is 15.6. The highest BCUT2D eigenvalue weighted by Gasteiger charge is 2.12. The Labute approximate surface area is 132 Å². The maximum Gasteiger partial charge on any atom is 0.255 e. The Morgan fingerprint density at radius 3 is 2.62 bits per heavy atom. The summed E-state index contributed by atoms with van der Waals surface area (Å²) in [5, 5.41) is 2.90. The van der Waals surface area contributed by atoms with Gasteiger partial charge < -0.3 is 11.1 Å². The number of amides is 1. The molecule has 1 aromatic carbocycles. The molecule has 0 unspecified atom stereocenters. The molecule has 5 heteroatoms. The first-order valence-electron chi connectivity index (χ1n) is 6.72. The first-order chi connectivity index (χ1) is 9.86. The van der Waals surface area contributed by atoms with Gasteiger partial charge in [0.25, 0.3) is 5.91 Å². The van der Waals surface area contributed by atoms with Gasteiger partial charge in [-0.2, -0.15) is 0 Å². The predicted molar refractivity (Wildman–Crippen MR) is 89.6 cm³/mol. The fraction of sp³-hybridized carbons (Fsp3) is 0.250. The summed E-state index contributed by atoms with van der Waals surface area (Å²) in [6.45, 7) is 5.98. The topological polar surface area (TPSA) is 68.0 Å². The minimum Gasteiger partial charge on any atom is -0.384 e. The summed E-state index contributed by atoms with van der Waals surface area (Å²) in [6, 6.07) is 9.09. The van der Waals surface area contributed by atoms with E-state index in [0.717, 1.165) is 21.4 Å². The summed E-state index contributed by atoms with van der Waals surface area (Å²) in [6.07, 6.45) is 0. The van der Waals surface area contributed by atoms with Crippen molar-refractivity contribution in [3.8, 4) is 0 Å². The monoisotopic (exact) mass is 347 g/mol. The third-order valence-corrected chi connectivity index (χ3v) is 3.65. The van der Waals surface area contributed by atoms with Gasteiger partial charge in [-0.05, 0) is 48.7 Å². The average molecular weight is 348 g/mol. The number of hydrogen-bond donors (Lipinski definition) is 2. The van der Waals surface area contributed by atoms with Gasteiger partial charge in [-0.3, -0.25) is 4.79 Å². The molecule has 4 nitrogen and oxygen atoms in total. The number of nitrogens with zero attached hydrogens (tertiary/aromatic N) is 1. The normalized spacial score (nSPS) is 10.7. The molecule has 0 radical (unpaired) electrons. The summed E-state index contributed by atoms with van der Waals surface area (Å²) >= 11 is 3.40. The Morgan fingerprint density at radius 2 is 2.00 bits per heavy atom. The van der Waals surface area contributed by atoms with Gasteiger partial charge in [-0.1, -0.05) is 29.8 Å². The summed E-state index contributed by atoms with van der Waals surface area (Å²) in [5.74, 6) is 0.393. The van der Waals surface area contributed by atoms with Gasteiger partial charge in [0, 0.05) is 21.4 Å². The maximum atomic E-state index is 12.4. The van der Waals surface area contributed by atoms with Gasteiger partial charge in [-0.25, -0.2) is 4.98 Å². The van der Waals surface area contributed by atoms with Crippen molar-refractivity contribution < 1.29 is 4.79 Å². The number of carbonyl (C=O) groups is 1. The van der Waals surface area contributed by atoms with Crippen molar-refractivity contribution in [1.29, 1.82) is 0 Å². The van der Waals surface area contributed by atoms with Crippen LogP contribution in [0, 0.1) is 6.92 Å². The predicted octanol–water partition coefficient (Wildman–Crippen LogP) is 4.11. The van der Waals surface area contributed by atoms with Crippen LogP contribution < -0.4 is 11.1 Å². The lowest BCUT2D eigenvalue weighted by Gasteiger charge is -2.11. The van der Waals surface area contributed by atoms with Crippen LogP contribution >= 0.6 is 15.9 Å². The molecule has 0 atom stereocenters. The quantitative estimate of drug-likeness (QED) is 0.877. The second-order valence-corrected chi connectivity index (χ2v) is 6.19. The molecule has 3 N–H and O–H groups in total. The van der Waals surface area contributed by atoms with E-state index in [4.69, 9.17) is 5.73 Å². The van der Waals surface area contributed by atoms with Crippen LogP contribution in [0.2, 0.25) is 0 Å². The van der Waals surface area contributed by atoms with Crippen molar-refractivity contribution in [2.24, 2.45) is 0 Å². The fourth-order valence-corrected chi connectivity index (χ4v) is 2.44. The number of anilines is 2. The molecule has 0 spiro atoms. The second-order valence-electron chi connectivity index (χ2n) is 5.27. The van der Waals surface area contributed by atoms with E-state index < -0.39 is 0 Å². The van der Waals surface area contributed by atoms with Gasteiger partial charge >= 0.3 is 0 Å². The van der Waals surface area contributed by atoms with Gasteiger partial charge in [0.05, 0.1) is 0 Å². The number of aryl methyl sites for hydroxylation is 1. The Balaban J connectivity index is 2.28. The number of aromatic nitrogens is 1. The molecule has 0 aliphatic heterocycles. The second kappa shape index (κ2) is 6.26. The summed E-state index contributed by atoms with van der Waals surface area (Å²) < 4.78 is 0.980. The number of hydrogen-bond acceptors (Lipinski definition) is 3. The highest BCUT2D eigenvalue weighted by Crippen LogP contribution is 2.22. The summed E-state index contributed by atoms with van der Waals surface area (Å²) in [5.41, 5.74) is 8.89. The smallest absolute Gasteiger partial charge is 0.255 e. The standard InChI is InChI=1S/C16H18BrN3O/c1-9(2)14-7-11(8-15(18)19-14)16(21)20-13-5-4-12(17)6-10(13)3/h4-9H,1-3H3,(H2,18,19)(H,20,21). The molecule has 0 bridgehead atoms. The average Bonchev–Trinajstić information content (AvgIpc) is 2.41. The van der Waals surface area contributed by atoms with Crippen LogP contribution in [-0.2, 0) is 0 Å². The van der Waals surface area contributed by atoms with E-state index in [1.54, 1.807) is 12.1 Å². The Kier molecular flexibility index (Phi) is 4.63. The van der Waals surface area contributed by atoms with Crippen LogP contribution in [0.1, 0.15) is 41.4 Å². The van der Waals surface area contributed by atoms with Gasteiger partial charge in [-0.15, -0.1) is 0 Å². The van der Waals surface area contributed by atoms with Crippen LogP contribution in [0.4, 0.5) is 11.5 Å². The molecule has 2 aromatic rings. The molecule has 0 fully saturated rings. The fourth-order valence-electron chi connectivity index (χ4n) is 1.96. The number of halogens is 1. The van der Waals surface area contributed by atoms with Crippen molar-refractivity contribution in [3.63, 3.8) is 0 Å². The van der Waals surface area contributed by atoms with Crippen LogP contribution in [0.25, 0.3) is 0 Å². The molecule has 0 aliphatic carbocycles. The lowest BCUT2D eigenvalue weighted by atomic mass is 10.1. The van der Waals surface area contributed by atoms with E-state index in [1.165, 1.54) is 0 Å². The minimum atomic E-state index is -0.184. The van der Waals surface area contributed by atoms with Crippen molar-refractivity contribution >= 4 is 33.3 Å². The van der Waals surface area contributed by atoms with Gasteiger partial charge in [0.2, 0.25) is 0 Å². The molecule has 1 heterocycles. The van der Waals surface area contributed by atoms with Crippen molar-refractivity contribution in [2.75, 3.05) is 11.1 Å². The maximum absolute atomic E-state index is 12.4. The molecule has 2 rings (SSSR count). The third-order valence-electron chi connectivity index (χ3n) is 3.16. The number of nitrogens with one attached hydrogen (secondary N) is 1. The lowest BCUT2D eigenvalue weighted by molar-refractivity contribution is 0.102. The minimum absolute atomic E-state index is 0.184. The molecule has 1 aromatic heterocycles. The van der Waals surface area contributed by atoms with Crippen molar-refractivity contribution in [3.05, 3.63) is 51.6 Å². The SMILES string of the molecule is Cc1cc(Br)ccc1NC(=O)c1cc(N)nc(C(C)C)c1. The van der Waals surface area contributed by atoms with E-state index >= 15 is 0 Å². The van der Waals surface area contributed by atoms with Gasteiger partial charge in [0.15, 0.2) is 0 Å². The largest absolute Gasteiger partial charge is 0.384 e. The molecule has 0 saturated carbocycles. The van der Waals surface area contributed by atoms with Crippen molar-refractivity contribution in [1.82, 2.24) is 4.98 Å². The Bertz CT molecular complexity index is 683. The van der Waals surface area contributed by atoms with E-state index in [0.29, 0.717) is 11.4 Å². The van der Waals surface area contributed by atoms with E-state index in [9.17, 15) is 4.79 Å². The number of pyridine rings is 1.